The number of rotatable bonds is 11. The van der Waals surface area contributed by atoms with E-state index in [1.807, 2.05) is 66.7 Å². The Morgan fingerprint density at radius 1 is 0.795 bits per heavy atom. The maximum absolute atomic E-state index is 13.2. The minimum atomic E-state index is -2.12. The normalized spacial score (nSPS) is 12.2. The van der Waals surface area contributed by atoms with Crippen molar-refractivity contribution in [3.63, 3.8) is 0 Å². The summed E-state index contributed by atoms with van der Waals surface area (Å²) in [6.45, 7) is 10.7. The third kappa shape index (κ3) is 9.10. The average Bonchev–Trinajstić information content (AvgIpc) is 2.90. The lowest BCUT2D eigenvalue weighted by Crippen LogP contribution is -2.44. The molecular weight excluding hydrogens is 510 g/mol. The molecule has 1 N–H and O–H groups in total. The molecule has 1 unspecified atom stereocenters. The fourth-order valence-electron chi connectivity index (χ4n) is 3.38. The van der Waals surface area contributed by atoms with Gasteiger partial charge in [0, 0.05) is 5.56 Å². The van der Waals surface area contributed by atoms with Gasteiger partial charge in [-0.25, -0.2) is 4.79 Å². The Kier molecular flexibility index (Phi) is 10.1. The van der Waals surface area contributed by atoms with Crippen molar-refractivity contribution >= 4 is 26.2 Å². The van der Waals surface area contributed by atoms with Gasteiger partial charge in [0.1, 0.15) is 25.0 Å². The van der Waals surface area contributed by atoms with Crippen LogP contribution in [0.25, 0.3) is 0 Å². The number of hydrogen-bond acceptors (Lipinski definition) is 6. The Morgan fingerprint density at radius 2 is 1.36 bits per heavy atom. The van der Waals surface area contributed by atoms with E-state index in [-0.39, 0.29) is 24.7 Å². The predicted octanol–water partition coefficient (Wildman–Crippen LogP) is 6.05. The van der Waals surface area contributed by atoms with Crippen molar-refractivity contribution in [3.05, 3.63) is 102 Å². The quantitative estimate of drug-likeness (QED) is 0.232. The summed E-state index contributed by atoms with van der Waals surface area (Å²) in [4.78, 5) is 38.8. The topological polar surface area (TPSA) is 90.9 Å². The van der Waals surface area contributed by atoms with Crippen LogP contribution in [0.5, 0.6) is 5.75 Å². The maximum atomic E-state index is 13.2. The van der Waals surface area contributed by atoms with Crippen LogP contribution in [-0.4, -0.2) is 32.2 Å². The number of benzene rings is 3. The standard InChI is InChI=1S/C31H37NO6Si/c1-31(2,3)39(4,5)38-26-18-12-17-25(19-26)29(34)32-27(30(35)37-22-24-15-10-7-11-16-24)20-28(33)36-21-23-13-8-6-9-14-23/h6-19,27H,20-22H2,1-5H3,(H,32,34). The summed E-state index contributed by atoms with van der Waals surface area (Å²) in [7, 11) is -2.12. The van der Waals surface area contributed by atoms with Crippen molar-refractivity contribution in [2.24, 2.45) is 0 Å². The van der Waals surface area contributed by atoms with Crippen molar-refractivity contribution in [1.29, 1.82) is 0 Å². The van der Waals surface area contributed by atoms with Gasteiger partial charge in [-0.3, -0.25) is 9.59 Å². The Balaban J connectivity index is 1.71. The van der Waals surface area contributed by atoms with Gasteiger partial charge in [-0.2, -0.15) is 0 Å². The molecular formula is C31H37NO6Si. The van der Waals surface area contributed by atoms with Crippen molar-refractivity contribution in [2.45, 2.75) is 64.6 Å². The number of ether oxygens (including phenoxy) is 2. The van der Waals surface area contributed by atoms with Crippen LogP contribution in [0.1, 0.15) is 48.7 Å². The molecule has 0 aliphatic carbocycles. The zero-order valence-electron chi connectivity index (χ0n) is 23.2. The summed E-state index contributed by atoms with van der Waals surface area (Å²) in [6, 6.07) is 24.0. The molecule has 0 radical (unpaired) electrons. The van der Waals surface area contributed by atoms with E-state index in [0.29, 0.717) is 11.3 Å². The van der Waals surface area contributed by atoms with Gasteiger partial charge in [0.15, 0.2) is 0 Å². The first kappa shape index (κ1) is 29.6. The van der Waals surface area contributed by atoms with Crippen LogP contribution in [-0.2, 0) is 32.3 Å². The monoisotopic (exact) mass is 547 g/mol. The molecule has 7 nitrogen and oxygen atoms in total. The summed E-state index contributed by atoms with van der Waals surface area (Å²) in [5, 5.41) is 2.65. The molecule has 3 aromatic carbocycles. The van der Waals surface area contributed by atoms with Gasteiger partial charge in [-0.05, 0) is 47.5 Å². The van der Waals surface area contributed by atoms with Gasteiger partial charge in [0.2, 0.25) is 8.32 Å². The van der Waals surface area contributed by atoms with E-state index < -0.39 is 32.2 Å². The number of amides is 1. The molecule has 0 aliphatic rings. The number of esters is 2. The lowest BCUT2D eigenvalue weighted by atomic mass is 10.1. The van der Waals surface area contributed by atoms with Gasteiger partial charge in [-0.1, -0.05) is 87.5 Å². The number of carbonyl (C=O) groups is 3. The van der Waals surface area contributed by atoms with E-state index >= 15 is 0 Å². The van der Waals surface area contributed by atoms with Gasteiger partial charge >= 0.3 is 11.9 Å². The SMILES string of the molecule is CC(C)(C)[Si](C)(C)Oc1cccc(C(=O)NC(CC(=O)OCc2ccccc2)C(=O)OCc2ccccc2)c1. The third-order valence-corrected chi connectivity index (χ3v) is 11.1. The second kappa shape index (κ2) is 13.2. The number of carbonyl (C=O) groups excluding carboxylic acids is 3. The van der Waals surface area contributed by atoms with Crippen LogP contribution in [0.2, 0.25) is 18.1 Å². The van der Waals surface area contributed by atoms with Gasteiger partial charge in [-0.15, -0.1) is 0 Å². The second-order valence-corrected chi connectivity index (χ2v) is 15.6. The zero-order valence-corrected chi connectivity index (χ0v) is 24.2. The molecule has 206 valence electrons. The van der Waals surface area contributed by atoms with Gasteiger partial charge in [0.05, 0.1) is 6.42 Å². The van der Waals surface area contributed by atoms with Crippen LogP contribution in [0.3, 0.4) is 0 Å². The minimum Gasteiger partial charge on any atom is -0.543 e. The predicted molar refractivity (Wildman–Crippen MR) is 153 cm³/mol. The summed E-state index contributed by atoms with van der Waals surface area (Å²) >= 11 is 0. The van der Waals surface area contributed by atoms with Gasteiger partial charge in [0.25, 0.3) is 5.91 Å². The maximum Gasteiger partial charge on any atom is 0.329 e. The van der Waals surface area contributed by atoms with E-state index in [1.165, 1.54) is 0 Å². The molecule has 3 aromatic rings. The lowest BCUT2D eigenvalue weighted by molar-refractivity contribution is -0.153. The van der Waals surface area contributed by atoms with Crippen LogP contribution in [0.4, 0.5) is 0 Å². The highest BCUT2D eigenvalue weighted by molar-refractivity contribution is 6.74. The number of hydrogen-bond donors (Lipinski definition) is 1. The van der Waals surface area contributed by atoms with Crippen molar-refractivity contribution in [2.75, 3.05) is 0 Å². The zero-order chi connectivity index (χ0) is 28.5. The first-order valence-corrected chi connectivity index (χ1v) is 15.9. The molecule has 8 heteroatoms. The summed E-state index contributed by atoms with van der Waals surface area (Å²) < 4.78 is 17.1. The average molecular weight is 548 g/mol. The van der Waals surface area contributed by atoms with Gasteiger partial charge < -0.3 is 19.2 Å². The molecule has 0 fully saturated rings. The Hall–Kier alpha value is -3.91. The molecule has 0 aromatic heterocycles. The molecule has 0 spiro atoms. The van der Waals surface area contributed by atoms with E-state index in [4.69, 9.17) is 13.9 Å². The Bertz CT molecular complexity index is 1250. The molecule has 0 saturated carbocycles. The van der Waals surface area contributed by atoms with Crippen LogP contribution < -0.4 is 9.74 Å². The van der Waals surface area contributed by atoms with Crippen LogP contribution >= 0.6 is 0 Å². The first-order valence-electron chi connectivity index (χ1n) is 12.9. The molecule has 0 bridgehead atoms. The summed E-state index contributed by atoms with van der Waals surface area (Å²) in [5.74, 6) is -1.29. The highest BCUT2D eigenvalue weighted by Gasteiger charge is 2.39. The molecule has 1 amide bonds. The molecule has 0 heterocycles. The fraction of sp³-hybridized carbons (Fsp3) is 0.323. The number of nitrogens with one attached hydrogen (secondary N) is 1. The Labute approximate surface area is 231 Å². The largest absolute Gasteiger partial charge is 0.543 e. The third-order valence-electron chi connectivity index (χ3n) is 6.70. The van der Waals surface area contributed by atoms with E-state index in [0.717, 1.165) is 11.1 Å². The van der Waals surface area contributed by atoms with Crippen molar-refractivity contribution < 1.29 is 28.3 Å². The van der Waals surface area contributed by atoms with E-state index in [1.54, 1.807) is 18.2 Å². The molecule has 3 rings (SSSR count). The summed E-state index contributed by atoms with van der Waals surface area (Å²) in [6.07, 6.45) is -0.369. The van der Waals surface area contributed by atoms with E-state index in [9.17, 15) is 14.4 Å². The smallest absolute Gasteiger partial charge is 0.329 e. The molecule has 1 atom stereocenters. The Morgan fingerprint density at radius 3 is 1.92 bits per heavy atom. The fourth-order valence-corrected chi connectivity index (χ4v) is 4.40. The minimum absolute atomic E-state index is 0.0148. The molecule has 39 heavy (non-hydrogen) atoms. The highest BCUT2D eigenvalue weighted by atomic mass is 28.4. The highest BCUT2D eigenvalue weighted by Crippen LogP contribution is 2.37. The molecule has 0 saturated heterocycles. The lowest BCUT2D eigenvalue weighted by Gasteiger charge is -2.36. The van der Waals surface area contributed by atoms with Crippen LogP contribution in [0, 0.1) is 0 Å². The molecule has 0 aliphatic heterocycles. The van der Waals surface area contributed by atoms with Crippen molar-refractivity contribution in [3.8, 4) is 5.75 Å². The first-order chi connectivity index (χ1) is 18.4. The summed E-state index contributed by atoms with van der Waals surface area (Å²) in [5.41, 5.74) is 1.92. The van der Waals surface area contributed by atoms with Crippen LogP contribution in [0.15, 0.2) is 84.9 Å². The van der Waals surface area contributed by atoms with Crippen molar-refractivity contribution in [1.82, 2.24) is 5.32 Å². The second-order valence-electron chi connectivity index (χ2n) is 10.9. The van der Waals surface area contributed by atoms with E-state index in [2.05, 4.69) is 39.2 Å².